The highest BCUT2D eigenvalue weighted by molar-refractivity contribution is 5.94. The molecular weight excluding hydrogens is 230 g/mol. The molecule has 1 fully saturated rings. The van der Waals surface area contributed by atoms with Crippen LogP contribution in [-0.2, 0) is 0 Å². The molecule has 0 bridgehead atoms. The lowest BCUT2D eigenvalue weighted by Crippen LogP contribution is -2.22. The number of anilines is 1. The Morgan fingerprint density at radius 1 is 1.50 bits per heavy atom. The summed E-state index contributed by atoms with van der Waals surface area (Å²) in [6, 6.07) is 5.55. The van der Waals surface area contributed by atoms with E-state index in [4.69, 9.17) is 5.11 Å². The van der Waals surface area contributed by atoms with E-state index < -0.39 is 5.97 Å². The highest BCUT2D eigenvalue weighted by Crippen LogP contribution is 2.29. The van der Waals surface area contributed by atoms with Crippen LogP contribution in [0.15, 0.2) is 18.2 Å². The van der Waals surface area contributed by atoms with Gasteiger partial charge in [0.15, 0.2) is 0 Å². The molecule has 2 rings (SSSR count). The van der Waals surface area contributed by atoms with E-state index in [0.717, 1.165) is 37.2 Å². The summed E-state index contributed by atoms with van der Waals surface area (Å²) in [5.74, 6) is -0.405. The molecule has 0 aliphatic carbocycles. The average molecular weight is 249 g/mol. The predicted molar refractivity (Wildman–Crippen MR) is 70.2 cm³/mol. The zero-order valence-electron chi connectivity index (χ0n) is 10.6. The van der Waals surface area contributed by atoms with Gasteiger partial charge in [0.25, 0.3) is 0 Å². The monoisotopic (exact) mass is 249 g/mol. The van der Waals surface area contributed by atoms with Crippen LogP contribution >= 0.6 is 0 Å². The van der Waals surface area contributed by atoms with Gasteiger partial charge in [-0.2, -0.15) is 0 Å². The van der Waals surface area contributed by atoms with Crippen molar-refractivity contribution in [3.63, 3.8) is 0 Å². The van der Waals surface area contributed by atoms with Crippen molar-refractivity contribution in [2.45, 2.75) is 19.8 Å². The molecule has 0 saturated carbocycles. The molecule has 1 saturated heterocycles. The topological polar surface area (TPSA) is 60.8 Å². The van der Waals surface area contributed by atoms with Crippen molar-refractivity contribution in [3.05, 3.63) is 29.3 Å². The number of carboxylic acid groups (broad SMARTS) is 1. The lowest BCUT2D eigenvalue weighted by Gasteiger charge is -2.21. The van der Waals surface area contributed by atoms with Gasteiger partial charge in [-0.1, -0.05) is 11.6 Å². The van der Waals surface area contributed by atoms with Crippen molar-refractivity contribution in [1.29, 1.82) is 0 Å². The van der Waals surface area contributed by atoms with Crippen LogP contribution in [0, 0.1) is 12.8 Å². The molecular formula is C14H19NO3. The van der Waals surface area contributed by atoms with Crippen LogP contribution in [0.2, 0.25) is 0 Å². The normalized spacial score (nSPS) is 19.2. The van der Waals surface area contributed by atoms with Gasteiger partial charge in [0.2, 0.25) is 0 Å². The van der Waals surface area contributed by atoms with Crippen LogP contribution in [0.4, 0.5) is 5.69 Å². The number of nitrogens with zero attached hydrogens (tertiary/aromatic N) is 1. The van der Waals surface area contributed by atoms with Crippen molar-refractivity contribution in [2.24, 2.45) is 5.92 Å². The maximum Gasteiger partial charge on any atom is 0.337 e. The number of aryl methyl sites for hydroxylation is 1. The Morgan fingerprint density at radius 3 is 2.94 bits per heavy atom. The highest BCUT2D eigenvalue weighted by atomic mass is 16.4. The quantitative estimate of drug-likeness (QED) is 0.855. The van der Waals surface area contributed by atoms with Gasteiger partial charge in [0.05, 0.1) is 11.3 Å². The van der Waals surface area contributed by atoms with Crippen molar-refractivity contribution in [1.82, 2.24) is 0 Å². The van der Waals surface area contributed by atoms with Crippen LogP contribution in [-0.4, -0.2) is 35.9 Å². The van der Waals surface area contributed by atoms with Gasteiger partial charge in [0.1, 0.15) is 0 Å². The summed E-state index contributed by atoms with van der Waals surface area (Å²) in [6.45, 7) is 3.81. The summed E-state index contributed by atoms with van der Waals surface area (Å²) < 4.78 is 0. The fourth-order valence-electron chi connectivity index (χ4n) is 2.57. The second-order valence-electron chi connectivity index (χ2n) is 4.94. The molecule has 1 unspecified atom stereocenters. The first-order valence-corrected chi connectivity index (χ1v) is 6.31. The maximum absolute atomic E-state index is 11.3. The Hall–Kier alpha value is -1.55. The highest BCUT2D eigenvalue weighted by Gasteiger charge is 2.25. The summed E-state index contributed by atoms with van der Waals surface area (Å²) in [5, 5.41) is 18.2. The number of carbonyl (C=O) groups is 1. The molecule has 18 heavy (non-hydrogen) atoms. The number of benzene rings is 1. The third kappa shape index (κ3) is 2.64. The van der Waals surface area contributed by atoms with E-state index in [-0.39, 0.29) is 6.61 Å². The molecule has 1 aliphatic heterocycles. The van der Waals surface area contributed by atoms with E-state index in [0.29, 0.717) is 11.5 Å². The summed E-state index contributed by atoms with van der Waals surface area (Å²) in [6.07, 6.45) is 1.82. The first-order valence-electron chi connectivity index (χ1n) is 6.31. The molecule has 0 spiro atoms. The maximum atomic E-state index is 11.3. The number of aromatic carboxylic acids is 1. The molecule has 0 amide bonds. The zero-order chi connectivity index (χ0) is 13.1. The third-order valence-electron chi connectivity index (χ3n) is 3.55. The van der Waals surface area contributed by atoms with E-state index in [2.05, 4.69) is 4.90 Å². The molecule has 1 aromatic rings. The first kappa shape index (κ1) is 12.9. The molecule has 1 aliphatic rings. The molecule has 4 heteroatoms. The van der Waals surface area contributed by atoms with Crippen LogP contribution in [0.3, 0.4) is 0 Å². The summed E-state index contributed by atoms with van der Waals surface area (Å²) in [5.41, 5.74) is 2.13. The van der Waals surface area contributed by atoms with Crippen molar-refractivity contribution in [3.8, 4) is 0 Å². The second-order valence-corrected chi connectivity index (χ2v) is 4.94. The van der Waals surface area contributed by atoms with Gasteiger partial charge in [-0.3, -0.25) is 0 Å². The van der Waals surface area contributed by atoms with Crippen LogP contribution in [0.1, 0.15) is 28.8 Å². The molecule has 1 heterocycles. The molecule has 0 aromatic heterocycles. The van der Waals surface area contributed by atoms with E-state index in [9.17, 15) is 9.90 Å². The van der Waals surface area contributed by atoms with Gasteiger partial charge < -0.3 is 15.1 Å². The predicted octanol–water partition coefficient (Wildman–Crippen LogP) is 1.90. The molecule has 0 radical (unpaired) electrons. The molecule has 1 atom stereocenters. The van der Waals surface area contributed by atoms with E-state index >= 15 is 0 Å². The lowest BCUT2D eigenvalue weighted by molar-refractivity contribution is 0.0697. The number of aliphatic hydroxyl groups is 1. The molecule has 2 N–H and O–H groups in total. The number of aliphatic hydroxyl groups excluding tert-OH is 1. The minimum Gasteiger partial charge on any atom is -0.478 e. The fourth-order valence-corrected chi connectivity index (χ4v) is 2.57. The lowest BCUT2D eigenvalue weighted by atomic mass is 10.1. The number of carboxylic acids is 1. The van der Waals surface area contributed by atoms with E-state index in [1.165, 1.54) is 0 Å². The van der Waals surface area contributed by atoms with Gasteiger partial charge >= 0.3 is 5.97 Å². The third-order valence-corrected chi connectivity index (χ3v) is 3.55. The Bertz CT molecular complexity index is 445. The zero-order valence-corrected chi connectivity index (χ0v) is 10.6. The standard InChI is InChI=1S/C14H19NO3/c1-10-2-3-13(12(8-10)14(17)18)15-6-4-11(9-15)5-7-16/h2-3,8,11,16H,4-7,9H2,1H3,(H,17,18). The van der Waals surface area contributed by atoms with Crippen molar-refractivity contribution in [2.75, 3.05) is 24.6 Å². The Kier molecular flexibility index (Phi) is 3.87. The largest absolute Gasteiger partial charge is 0.478 e. The Balaban J connectivity index is 2.21. The Labute approximate surface area is 107 Å². The van der Waals surface area contributed by atoms with Gasteiger partial charge in [0, 0.05) is 19.7 Å². The minimum absolute atomic E-state index is 0.207. The minimum atomic E-state index is -0.876. The number of rotatable bonds is 4. The molecule has 4 nitrogen and oxygen atoms in total. The van der Waals surface area contributed by atoms with Crippen molar-refractivity contribution < 1.29 is 15.0 Å². The van der Waals surface area contributed by atoms with Crippen LogP contribution in [0.25, 0.3) is 0 Å². The van der Waals surface area contributed by atoms with Crippen LogP contribution < -0.4 is 4.90 Å². The fraction of sp³-hybridized carbons (Fsp3) is 0.500. The number of hydrogen-bond acceptors (Lipinski definition) is 3. The SMILES string of the molecule is Cc1ccc(N2CCC(CCO)C2)c(C(=O)O)c1. The molecule has 1 aromatic carbocycles. The van der Waals surface area contributed by atoms with E-state index in [1.54, 1.807) is 6.07 Å². The second kappa shape index (κ2) is 5.40. The smallest absolute Gasteiger partial charge is 0.337 e. The van der Waals surface area contributed by atoms with Gasteiger partial charge in [-0.25, -0.2) is 4.79 Å². The molecule has 98 valence electrons. The Morgan fingerprint density at radius 2 is 2.28 bits per heavy atom. The van der Waals surface area contributed by atoms with Gasteiger partial charge in [-0.05, 0) is 37.8 Å². The number of hydrogen-bond donors (Lipinski definition) is 2. The average Bonchev–Trinajstić information content (AvgIpc) is 2.78. The summed E-state index contributed by atoms with van der Waals surface area (Å²) in [4.78, 5) is 13.4. The van der Waals surface area contributed by atoms with Crippen molar-refractivity contribution >= 4 is 11.7 Å². The van der Waals surface area contributed by atoms with Crippen LogP contribution in [0.5, 0.6) is 0 Å². The van der Waals surface area contributed by atoms with E-state index in [1.807, 2.05) is 19.1 Å². The van der Waals surface area contributed by atoms with Gasteiger partial charge in [-0.15, -0.1) is 0 Å². The summed E-state index contributed by atoms with van der Waals surface area (Å²) >= 11 is 0. The first-order chi connectivity index (χ1) is 8.61. The summed E-state index contributed by atoms with van der Waals surface area (Å²) in [7, 11) is 0.